The van der Waals surface area contributed by atoms with Crippen LogP contribution in [0.5, 0.6) is 23.3 Å². The number of urea groups is 1. The third kappa shape index (κ3) is 12.9. The topological polar surface area (TPSA) is 262 Å². The summed E-state index contributed by atoms with van der Waals surface area (Å²) in [6.45, 7) is 2.56. The molecule has 3 heterocycles. The van der Waals surface area contributed by atoms with E-state index in [4.69, 9.17) is 14.3 Å². The summed E-state index contributed by atoms with van der Waals surface area (Å²) in [6.07, 6.45) is 4.26. The Morgan fingerprint density at radius 1 is 0.945 bits per heavy atom. The van der Waals surface area contributed by atoms with Crippen LogP contribution in [0.25, 0.3) is 0 Å². The molecular weight excluding hydrogens is 742 g/mol. The van der Waals surface area contributed by atoms with Gasteiger partial charge in [0.15, 0.2) is 11.5 Å². The Kier molecular flexibility index (Phi) is 16.1. The minimum Gasteiger partial charge on any atom is -0.493 e. The van der Waals surface area contributed by atoms with Gasteiger partial charge < -0.3 is 51.1 Å². The molecule has 7 N–H and O–H groups in total. The van der Waals surface area contributed by atoms with E-state index in [2.05, 4.69) is 26.6 Å². The molecular formula is C35H49N7O12S. The number of amides is 5. The van der Waals surface area contributed by atoms with E-state index >= 15 is 0 Å². The van der Waals surface area contributed by atoms with Gasteiger partial charge in [0.1, 0.15) is 0 Å². The molecule has 55 heavy (non-hydrogen) atoms. The number of carbonyl (C=O) groups excluding carboxylic acids is 5. The van der Waals surface area contributed by atoms with Gasteiger partial charge in [-0.25, -0.2) is 9.59 Å². The maximum atomic E-state index is 12.5. The molecule has 2 saturated heterocycles. The highest BCUT2D eigenvalue weighted by atomic mass is 32.2. The number of aromatic nitrogens is 1. The molecule has 1 aromatic heterocycles. The van der Waals surface area contributed by atoms with Crippen LogP contribution in [0.15, 0.2) is 24.3 Å². The van der Waals surface area contributed by atoms with E-state index < -0.39 is 41.0 Å². The molecule has 1 aromatic carbocycles. The minimum atomic E-state index is -0.912. The average Bonchev–Trinajstić information content (AvgIpc) is 3.81. The Balaban J connectivity index is 1.08. The lowest BCUT2D eigenvalue weighted by Gasteiger charge is -2.17. The zero-order chi connectivity index (χ0) is 39.9. The van der Waals surface area contributed by atoms with Crippen LogP contribution in [0, 0.1) is 10.1 Å². The summed E-state index contributed by atoms with van der Waals surface area (Å²) >= 11 is 1.86. The maximum Gasteiger partial charge on any atom is 0.333 e. The van der Waals surface area contributed by atoms with Crippen LogP contribution in [0.1, 0.15) is 82.7 Å². The summed E-state index contributed by atoms with van der Waals surface area (Å²) in [5.74, 6) is -1.55. The van der Waals surface area contributed by atoms with Crippen LogP contribution in [0.4, 0.5) is 10.5 Å². The largest absolute Gasteiger partial charge is 0.493 e. The summed E-state index contributed by atoms with van der Waals surface area (Å²) < 4.78 is 11.6. The molecule has 4 unspecified atom stereocenters. The lowest BCUT2D eigenvalue weighted by Crippen LogP contribution is -2.36. The van der Waals surface area contributed by atoms with Crippen molar-refractivity contribution in [2.75, 3.05) is 32.6 Å². The van der Waals surface area contributed by atoms with Crippen molar-refractivity contribution >= 4 is 47.2 Å². The fourth-order valence-corrected chi connectivity index (χ4v) is 7.71. The predicted octanol–water partition coefficient (Wildman–Crippen LogP) is 2.33. The second-order valence-corrected chi connectivity index (χ2v) is 14.4. The number of ether oxygens (including phenoxy) is 2. The van der Waals surface area contributed by atoms with E-state index in [1.54, 1.807) is 0 Å². The summed E-state index contributed by atoms with van der Waals surface area (Å²) in [5.41, 5.74) is -0.218. The first kappa shape index (κ1) is 42.3. The van der Waals surface area contributed by atoms with Crippen molar-refractivity contribution < 1.29 is 53.4 Å². The van der Waals surface area contributed by atoms with Gasteiger partial charge in [0, 0.05) is 55.5 Å². The Bertz CT molecular complexity index is 1670. The molecule has 4 atom stereocenters. The van der Waals surface area contributed by atoms with Gasteiger partial charge in [0.2, 0.25) is 29.5 Å². The highest BCUT2D eigenvalue weighted by Gasteiger charge is 2.42. The molecule has 0 spiro atoms. The molecule has 2 fully saturated rings. The molecule has 0 bridgehead atoms. The second-order valence-electron chi connectivity index (χ2n) is 13.1. The first-order valence-electron chi connectivity index (χ1n) is 18.2. The number of nitrogens with zero attached hydrogens (tertiary/aromatic N) is 2. The van der Waals surface area contributed by atoms with E-state index in [0.29, 0.717) is 48.8 Å². The molecule has 2 aromatic rings. The number of hydrogen-bond acceptors (Lipinski definition) is 13. The third-order valence-electron chi connectivity index (χ3n) is 9.03. The fraction of sp³-hybridized carbons (Fsp3) is 0.571. The summed E-state index contributed by atoms with van der Waals surface area (Å²) in [5, 5.41) is 45.7. The number of unbranched alkanes of at least 4 members (excludes halogenated alkanes) is 2. The van der Waals surface area contributed by atoms with Crippen LogP contribution in [0.3, 0.4) is 0 Å². The third-order valence-corrected chi connectivity index (χ3v) is 10.5. The zero-order valence-electron chi connectivity index (χ0n) is 30.8. The smallest absolute Gasteiger partial charge is 0.333 e. The number of aromatic hydroxyl groups is 2. The number of methoxy groups -OCH3 is 1. The molecule has 2 aliphatic heterocycles. The maximum absolute atomic E-state index is 12.5. The average molecular weight is 792 g/mol. The molecule has 4 rings (SSSR count). The Morgan fingerprint density at radius 2 is 1.62 bits per heavy atom. The molecule has 0 saturated carbocycles. The number of hydrogen-bond donors (Lipinski definition) is 7. The van der Waals surface area contributed by atoms with E-state index in [1.165, 1.54) is 26.2 Å². The van der Waals surface area contributed by atoms with Gasteiger partial charge >= 0.3 is 12.0 Å². The summed E-state index contributed by atoms with van der Waals surface area (Å²) in [6, 6.07) is 4.19. The molecule has 0 radical (unpaired) electrons. The van der Waals surface area contributed by atoms with Gasteiger partial charge in [-0.15, -0.1) is 4.73 Å². The van der Waals surface area contributed by atoms with Crippen LogP contribution in [0.2, 0.25) is 0 Å². The standard InChI is InChI=1S/C35H49N7O12S/c1-21(38-30(45)11-14-33(48)54-41-31(46)12-13-32(41)47)22-18-25(52-2)26(19-24(22)42(50)51)53-17-7-10-29(44)37-16-6-5-15-36-28(43)9-4-3-8-27-34-23(20-55-27)39-35(49)40-34/h12-13,18-19,21,23,27,34,46-47H,3-11,14-17,20H2,1-2H3,(H,36,43)(H,37,44)(H,38,45)(H2,39,40,49). The number of thioether (sulfide) groups is 1. The normalized spacial score (nSPS) is 17.6. The van der Waals surface area contributed by atoms with Gasteiger partial charge in [-0.05, 0) is 45.1 Å². The van der Waals surface area contributed by atoms with Gasteiger partial charge in [0.05, 0.1) is 54.8 Å². The molecule has 20 heteroatoms. The van der Waals surface area contributed by atoms with Crippen molar-refractivity contribution in [3.05, 3.63) is 39.9 Å². The monoisotopic (exact) mass is 791 g/mol. The van der Waals surface area contributed by atoms with Crippen molar-refractivity contribution in [2.24, 2.45) is 0 Å². The van der Waals surface area contributed by atoms with E-state index in [-0.39, 0.29) is 72.1 Å². The van der Waals surface area contributed by atoms with Crippen molar-refractivity contribution in [2.45, 2.75) is 94.5 Å². The number of nitrogens with one attached hydrogen (secondary N) is 5. The molecule has 5 amide bonds. The van der Waals surface area contributed by atoms with Crippen molar-refractivity contribution in [3.8, 4) is 23.3 Å². The second kappa shape index (κ2) is 20.9. The molecule has 302 valence electrons. The number of nitro benzene ring substituents is 1. The fourth-order valence-electron chi connectivity index (χ4n) is 6.16. The summed E-state index contributed by atoms with van der Waals surface area (Å²) in [4.78, 5) is 76.7. The Labute approximate surface area is 321 Å². The molecule has 19 nitrogen and oxygen atoms in total. The predicted molar refractivity (Wildman–Crippen MR) is 199 cm³/mol. The Morgan fingerprint density at radius 3 is 2.27 bits per heavy atom. The van der Waals surface area contributed by atoms with Crippen molar-refractivity contribution in [1.82, 2.24) is 31.3 Å². The SMILES string of the molecule is COc1cc(C(C)NC(=O)CCC(=O)On2c(O)ccc2O)c([N+](=O)[O-])cc1OCCCC(=O)NCCCCNC(=O)CCCCC1SCC2NC(=O)NC21. The number of carbonyl (C=O) groups is 5. The van der Waals surface area contributed by atoms with Crippen LogP contribution < -0.4 is 40.9 Å². The van der Waals surface area contributed by atoms with Crippen molar-refractivity contribution in [3.63, 3.8) is 0 Å². The molecule has 0 aliphatic carbocycles. The number of benzene rings is 1. The van der Waals surface area contributed by atoms with Crippen LogP contribution in [-0.2, 0) is 19.2 Å². The summed E-state index contributed by atoms with van der Waals surface area (Å²) in [7, 11) is 1.36. The number of nitro groups is 1. The van der Waals surface area contributed by atoms with Gasteiger partial charge in [-0.3, -0.25) is 24.5 Å². The van der Waals surface area contributed by atoms with Crippen LogP contribution in [-0.4, -0.2) is 99.5 Å². The Hall–Kier alpha value is -5.40. The van der Waals surface area contributed by atoms with E-state index in [1.807, 2.05) is 11.8 Å². The quantitative estimate of drug-likeness (QED) is 0.0369. The lowest BCUT2D eigenvalue weighted by molar-refractivity contribution is -0.385. The van der Waals surface area contributed by atoms with Crippen molar-refractivity contribution in [1.29, 1.82) is 0 Å². The first-order chi connectivity index (χ1) is 26.4. The van der Waals surface area contributed by atoms with E-state index in [0.717, 1.165) is 37.1 Å². The lowest BCUT2D eigenvalue weighted by atomic mass is 10.0. The highest BCUT2D eigenvalue weighted by Crippen LogP contribution is 2.38. The highest BCUT2D eigenvalue weighted by molar-refractivity contribution is 8.00. The minimum absolute atomic E-state index is 0.00209. The van der Waals surface area contributed by atoms with Gasteiger partial charge in [-0.2, -0.15) is 11.8 Å². The van der Waals surface area contributed by atoms with Gasteiger partial charge in [0.25, 0.3) is 5.69 Å². The first-order valence-corrected chi connectivity index (χ1v) is 19.2. The van der Waals surface area contributed by atoms with Gasteiger partial charge in [-0.1, -0.05) is 6.42 Å². The number of fused-ring (bicyclic) bond motifs is 1. The molecule has 2 aliphatic rings. The van der Waals surface area contributed by atoms with Crippen LogP contribution >= 0.6 is 11.8 Å². The zero-order valence-corrected chi connectivity index (χ0v) is 31.6. The number of rotatable bonds is 23. The van der Waals surface area contributed by atoms with E-state index in [9.17, 15) is 44.3 Å².